The van der Waals surface area contributed by atoms with Crippen LogP contribution in [-0.2, 0) is 13.6 Å². The number of oxazole rings is 1. The number of hydrogen-bond donors (Lipinski definition) is 0. The van der Waals surface area contributed by atoms with Gasteiger partial charge in [0, 0.05) is 35.4 Å². The largest absolute Gasteiger partial charge is 0.439 e. The minimum atomic E-state index is 0.393. The number of benzene rings is 1. The normalized spacial score (nSPS) is 18.3. The summed E-state index contributed by atoms with van der Waals surface area (Å²) in [5.41, 5.74) is 2.25. The van der Waals surface area contributed by atoms with Gasteiger partial charge < -0.3 is 4.42 Å². The predicted molar refractivity (Wildman–Crippen MR) is 92.5 cm³/mol. The van der Waals surface area contributed by atoms with Crippen molar-refractivity contribution in [2.75, 3.05) is 6.54 Å². The van der Waals surface area contributed by atoms with Crippen molar-refractivity contribution in [3.8, 4) is 11.3 Å². The Morgan fingerprint density at radius 1 is 1.25 bits per heavy atom. The second-order valence-corrected chi connectivity index (χ2v) is 6.64. The van der Waals surface area contributed by atoms with Crippen LogP contribution in [0.2, 0.25) is 5.02 Å². The highest BCUT2D eigenvalue weighted by Crippen LogP contribution is 2.33. The van der Waals surface area contributed by atoms with Crippen LogP contribution < -0.4 is 0 Å². The highest BCUT2D eigenvalue weighted by molar-refractivity contribution is 6.30. The van der Waals surface area contributed by atoms with E-state index < -0.39 is 0 Å². The lowest BCUT2D eigenvalue weighted by Gasteiger charge is -2.21. The zero-order valence-electron chi connectivity index (χ0n) is 13.5. The van der Waals surface area contributed by atoms with Gasteiger partial charge in [0.15, 0.2) is 5.76 Å². The van der Waals surface area contributed by atoms with Crippen molar-refractivity contribution in [1.29, 1.82) is 0 Å². The molecule has 0 spiro atoms. The van der Waals surface area contributed by atoms with Gasteiger partial charge >= 0.3 is 0 Å². The average Bonchev–Trinajstić information content (AvgIpc) is 3.30. The summed E-state index contributed by atoms with van der Waals surface area (Å²) < 4.78 is 7.80. The average molecular weight is 343 g/mol. The van der Waals surface area contributed by atoms with Crippen molar-refractivity contribution >= 4 is 11.6 Å². The third kappa shape index (κ3) is 3.09. The molecule has 1 atom stereocenters. The van der Waals surface area contributed by atoms with E-state index in [0.29, 0.717) is 12.6 Å². The van der Waals surface area contributed by atoms with E-state index in [0.717, 1.165) is 35.2 Å². The van der Waals surface area contributed by atoms with Gasteiger partial charge in [-0.15, -0.1) is 0 Å². The first kappa shape index (κ1) is 15.4. The number of nitrogens with zero attached hydrogens (tertiary/aromatic N) is 4. The summed E-state index contributed by atoms with van der Waals surface area (Å²) in [6.07, 6.45) is 8.17. The van der Waals surface area contributed by atoms with Crippen LogP contribution in [0.25, 0.3) is 11.3 Å². The molecule has 0 radical (unpaired) electrons. The van der Waals surface area contributed by atoms with Crippen LogP contribution in [0.3, 0.4) is 0 Å². The van der Waals surface area contributed by atoms with Crippen molar-refractivity contribution in [2.45, 2.75) is 25.4 Å². The molecule has 1 aromatic carbocycles. The van der Waals surface area contributed by atoms with Gasteiger partial charge in [0.1, 0.15) is 0 Å². The number of hydrogen-bond acceptors (Lipinski definition) is 4. The summed E-state index contributed by atoms with van der Waals surface area (Å²) in [5, 5.41) is 5.01. The fourth-order valence-electron chi connectivity index (χ4n) is 3.31. The molecular weight excluding hydrogens is 324 g/mol. The highest BCUT2D eigenvalue weighted by Gasteiger charge is 2.28. The molecule has 4 rings (SSSR count). The van der Waals surface area contributed by atoms with E-state index in [4.69, 9.17) is 16.0 Å². The van der Waals surface area contributed by atoms with Gasteiger partial charge in [-0.3, -0.25) is 9.58 Å². The summed E-state index contributed by atoms with van der Waals surface area (Å²) in [6.45, 7) is 1.77. The van der Waals surface area contributed by atoms with E-state index >= 15 is 0 Å². The Hall–Kier alpha value is -2.11. The Balaban J connectivity index is 1.50. The quantitative estimate of drug-likeness (QED) is 0.717. The maximum atomic E-state index is 5.94. The molecule has 5 nitrogen and oxygen atoms in total. The fourth-order valence-corrected chi connectivity index (χ4v) is 3.44. The lowest BCUT2D eigenvalue weighted by atomic mass is 10.1. The van der Waals surface area contributed by atoms with Crippen molar-refractivity contribution in [2.24, 2.45) is 7.05 Å². The molecule has 0 N–H and O–H groups in total. The lowest BCUT2D eigenvalue weighted by molar-refractivity contribution is 0.224. The lowest BCUT2D eigenvalue weighted by Crippen LogP contribution is -2.22. The molecule has 1 aliphatic heterocycles. The molecule has 6 heteroatoms. The van der Waals surface area contributed by atoms with Gasteiger partial charge in [0.05, 0.1) is 18.9 Å². The molecule has 0 saturated carbocycles. The summed E-state index contributed by atoms with van der Waals surface area (Å²) in [6, 6.07) is 8.00. The number of aryl methyl sites for hydroxylation is 1. The van der Waals surface area contributed by atoms with Crippen LogP contribution >= 0.6 is 11.6 Å². The standard InChI is InChI=1S/C18H19ClN4O/c1-22-11-14(9-21-22)16-3-2-8-23(16)12-18-20-10-17(24-18)13-4-6-15(19)7-5-13/h4-7,9-11,16H,2-3,8,12H2,1H3/t16-/m0/s1. The summed E-state index contributed by atoms with van der Waals surface area (Å²) >= 11 is 5.93. The maximum absolute atomic E-state index is 5.94. The minimum absolute atomic E-state index is 0.393. The summed E-state index contributed by atoms with van der Waals surface area (Å²) in [7, 11) is 1.95. The summed E-state index contributed by atoms with van der Waals surface area (Å²) in [4.78, 5) is 6.86. The van der Waals surface area contributed by atoms with Crippen molar-refractivity contribution < 1.29 is 4.42 Å². The van der Waals surface area contributed by atoms with Gasteiger partial charge in [0.2, 0.25) is 5.89 Å². The topological polar surface area (TPSA) is 47.1 Å². The maximum Gasteiger partial charge on any atom is 0.209 e. The molecule has 0 bridgehead atoms. The van der Waals surface area contributed by atoms with E-state index in [9.17, 15) is 0 Å². The second kappa shape index (κ2) is 6.42. The van der Waals surface area contributed by atoms with Gasteiger partial charge in [0.25, 0.3) is 0 Å². The third-order valence-electron chi connectivity index (χ3n) is 4.49. The van der Waals surface area contributed by atoms with Crippen LogP contribution in [0.5, 0.6) is 0 Å². The fraction of sp³-hybridized carbons (Fsp3) is 0.333. The van der Waals surface area contributed by atoms with Crippen LogP contribution in [0, 0.1) is 0 Å². The molecular formula is C18H19ClN4O. The van der Waals surface area contributed by atoms with E-state index in [2.05, 4.69) is 21.2 Å². The van der Waals surface area contributed by atoms with E-state index in [1.165, 1.54) is 12.0 Å². The Morgan fingerprint density at radius 3 is 2.83 bits per heavy atom. The minimum Gasteiger partial charge on any atom is -0.439 e. The molecule has 3 aromatic rings. The Labute approximate surface area is 145 Å². The number of rotatable bonds is 4. The van der Waals surface area contributed by atoms with Gasteiger partial charge in [-0.05, 0) is 43.7 Å². The number of aromatic nitrogens is 3. The van der Waals surface area contributed by atoms with Crippen molar-refractivity contribution in [1.82, 2.24) is 19.7 Å². The first-order valence-electron chi connectivity index (χ1n) is 8.12. The van der Waals surface area contributed by atoms with Crippen molar-refractivity contribution in [3.05, 3.63) is 59.3 Å². The Bertz CT molecular complexity index is 824. The Morgan fingerprint density at radius 2 is 2.08 bits per heavy atom. The zero-order valence-corrected chi connectivity index (χ0v) is 14.3. The first-order chi connectivity index (χ1) is 11.7. The first-order valence-corrected chi connectivity index (χ1v) is 8.50. The molecule has 3 heterocycles. The number of halogens is 1. The molecule has 2 aromatic heterocycles. The van der Waals surface area contributed by atoms with E-state index in [1.54, 1.807) is 6.20 Å². The van der Waals surface area contributed by atoms with Crippen LogP contribution in [0.4, 0.5) is 0 Å². The highest BCUT2D eigenvalue weighted by atomic mass is 35.5. The second-order valence-electron chi connectivity index (χ2n) is 6.20. The molecule has 1 aliphatic rings. The van der Waals surface area contributed by atoms with E-state index in [-0.39, 0.29) is 0 Å². The van der Waals surface area contributed by atoms with Gasteiger partial charge in [-0.1, -0.05) is 11.6 Å². The smallest absolute Gasteiger partial charge is 0.209 e. The van der Waals surface area contributed by atoms with Crippen LogP contribution in [-0.4, -0.2) is 26.2 Å². The van der Waals surface area contributed by atoms with E-state index in [1.807, 2.05) is 42.2 Å². The monoisotopic (exact) mass is 342 g/mol. The predicted octanol–water partition coefficient (Wildman–Crippen LogP) is 4.07. The molecule has 0 unspecified atom stereocenters. The van der Waals surface area contributed by atoms with Crippen LogP contribution in [0.1, 0.15) is 30.3 Å². The molecule has 124 valence electrons. The molecule has 0 aliphatic carbocycles. The molecule has 24 heavy (non-hydrogen) atoms. The van der Waals surface area contributed by atoms with Crippen LogP contribution in [0.15, 0.2) is 47.3 Å². The Kier molecular flexibility index (Phi) is 4.12. The number of likely N-dealkylation sites (tertiary alicyclic amines) is 1. The molecule has 1 saturated heterocycles. The third-order valence-corrected chi connectivity index (χ3v) is 4.75. The molecule has 1 fully saturated rings. The summed E-state index contributed by atoms with van der Waals surface area (Å²) in [5.74, 6) is 1.52. The van der Waals surface area contributed by atoms with Crippen molar-refractivity contribution in [3.63, 3.8) is 0 Å². The van der Waals surface area contributed by atoms with Gasteiger partial charge in [-0.25, -0.2) is 4.98 Å². The van der Waals surface area contributed by atoms with Gasteiger partial charge in [-0.2, -0.15) is 5.10 Å². The zero-order chi connectivity index (χ0) is 16.5. The molecule has 0 amide bonds. The SMILES string of the molecule is Cn1cc([C@@H]2CCCN2Cc2ncc(-c3ccc(Cl)cc3)o2)cn1.